The number of rotatable bonds is 2. The van der Waals surface area contributed by atoms with Gasteiger partial charge >= 0.3 is 0 Å². The molecule has 0 radical (unpaired) electrons. The van der Waals surface area contributed by atoms with Crippen molar-refractivity contribution >= 4 is 27.5 Å². The van der Waals surface area contributed by atoms with Gasteiger partial charge in [-0.25, -0.2) is 4.39 Å². The molecular formula is C11H11BrFNO. The number of carbonyl (C=O) groups excluding carboxylic acids is 1. The highest BCUT2D eigenvalue weighted by Crippen LogP contribution is 2.30. The average molecular weight is 272 g/mol. The van der Waals surface area contributed by atoms with Crippen molar-refractivity contribution < 1.29 is 9.18 Å². The Bertz CT molecular complexity index is 370. The van der Waals surface area contributed by atoms with Crippen LogP contribution in [0.4, 0.5) is 10.1 Å². The molecule has 0 heterocycles. The van der Waals surface area contributed by atoms with Gasteiger partial charge in [0.1, 0.15) is 5.82 Å². The molecule has 1 aromatic rings. The van der Waals surface area contributed by atoms with Crippen LogP contribution in [0.15, 0.2) is 22.7 Å². The summed E-state index contributed by atoms with van der Waals surface area (Å²) in [6, 6.07) is 4.64. The number of anilines is 1. The number of hydrogen-bond acceptors (Lipinski definition) is 1. The standard InChI is InChI=1S/C11H11BrFNO/c12-8-5-2-6-9(13)10(8)14-11(15)7-3-1-4-7/h2,5-7H,1,3-4H2,(H,14,15). The summed E-state index contributed by atoms with van der Waals surface area (Å²) in [6.45, 7) is 0. The Labute approximate surface area is 96.0 Å². The number of hydrogen-bond donors (Lipinski definition) is 1. The Balaban J connectivity index is 2.12. The van der Waals surface area contributed by atoms with Crippen LogP contribution in [0.5, 0.6) is 0 Å². The lowest BCUT2D eigenvalue weighted by atomic mass is 9.85. The molecule has 1 amide bonds. The van der Waals surface area contributed by atoms with Gasteiger partial charge in [0.25, 0.3) is 0 Å². The van der Waals surface area contributed by atoms with Crippen LogP contribution in [0.2, 0.25) is 0 Å². The second-order valence-electron chi connectivity index (χ2n) is 3.71. The Kier molecular flexibility index (Phi) is 3.05. The summed E-state index contributed by atoms with van der Waals surface area (Å²) in [6.07, 6.45) is 2.92. The summed E-state index contributed by atoms with van der Waals surface area (Å²) >= 11 is 3.21. The van der Waals surface area contributed by atoms with E-state index in [0.29, 0.717) is 4.47 Å². The molecule has 0 unspecified atom stereocenters. The second kappa shape index (κ2) is 4.31. The van der Waals surface area contributed by atoms with E-state index in [-0.39, 0.29) is 17.5 Å². The minimum Gasteiger partial charge on any atom is -0.322 e. The van der Waals surface area contributed by atoms with Crippen LogP contribution < -0.4 is 5.32 Å². The van der Waals surface area contributed by atoms with E-state index in [1.54, 1.807) is 12.1 Å². The fourth-order valence-corrected chi connectivity index (χ4v) is 1.95. The molecule has 1 fully saturated rings. The van der Waals surface area contributed by atoms with Gasteiger partial charge < -0.3 is 5.32 Å². The summed E-state index contributed by atoms with van der Waals surface area (Å²) in [5, 5.41) is 2.62. The van der Waals surface area contributed by atoms with E-state index in [1.165, 1.54) is 6.07 Å². The van der Waals surface area contributed by atoms with Crippen molar-refractivity contribution in [2.45, 2.75) is 19.3 Å². The maximum absolute atomic E-state index is 13.4. The molecule has 4 heteroatoms. The molecule has 0 atom stereocenters. The molecule has 0 saturated heterocycles. The lowest BCUT2D eigenvalue weighted by Crippen LogP contribution is -2.28. The Morgan fingerprint density at radius 3 is 2.73 bits per heavy atom. The monoisotopic (exact) mass is 271 g/mol. The van der Waals surface area contributed by atoms with E-state index < -0.39 is 5.82 Å². The minimum atomic E-state index is -0.406. The highest BCUT2D eigenvalue weighted by molar-refractivity contribution is 9.10. The first kappa shape index (κ1) is 10.6. The lowest BCUT2D eigenvalue weighted by Gasteiger charge is -2.24. The van der Waals surface area contributed by atoms with Crippen LogP contribution in [0.3, 0.4) is 0 Å². The van der Waals surface area contributed by atoms with Gasteiger partial charge in [0, 0.05) is 10.4 Å². The zero-order chi connectivity index (χ0) is 10.8. The Hall–Kier alpha value is -0.900. The first-order valence-corrected chi connectivity index (χ1v) is 5.72. The molecule has 1 aliphatic rings. The van der Waals surface area contributed by atoms with Gasteiger partial charge in [-0.15, -0.1) is 0 Å². The topological polar surface area (TPSA) is 29.1 Å². The fourth-order valence-electron chi connectivity index (χ4n) is 1.51. The highest BCUT2D eigenvalue weighted by Gasteiger charge is 2.26. The van der Waals surface area contributed by atoms with E-state index in [4.69, 9.17) is 0 Å². The molecule has 1 aliphatic carbocycles. The molecule has 1 saturated carbocycles. The largest absolute Gasteiger partial charge is 0.322 e. The quantitative estimate of drug-likeness (QED) is 0.879. The van der Waals surface area contributed by atoms with E-state index in [1.807, 2.05) is 0 Å². The molecular weight excluding hydrogens is 261 g/mol. The first-order valence-electron chi connectivity index (χ1n) is 4.93. The summed E-state index contributed by atoms with van der Waals surface area (Å²) in [4.78, 5) is 11.6. The Morgan fingerprint density at radius 2 is 2.20 bits per heavy atom. The average Bonchev–Trinajstić information content (AvgIpc) is 2.08. The van der Waals surface area contributed by atoms with Crippen LogP contribution >= 0.6 is 15.9 Å². The minimum absolute atomic E-state index is 0.0662. The number of para-hydroxylation sites is 1. The van der Waals surface area contributed by atoms with Gasteiger partial charge in [-0.3, -0.25) is 4.79 Å². The molecule has 2 rings (SSSR count). The van der Waals surface area contributed by atoms with Crippen LogP contribution in [0, 0.1) is 11.7 Å². The fraction of sp³-hybridized carbons (Fsp3) is 0.364. The SMILES string of the molecule is O=C(Nc1c(F)cccc1Br)C1CCC1. The molecule has 0 aromatic heterocycles. The lowest BCUT2D eigenvalue weighted by molar-refractivity contribution is -0.122. The molecule has 0 bridgehead atoms. The number of nitrogens with one attached hydrogen (secondary N) is 1. The number of carbonyl (C=O) groups is 1. The molecule has 80 valence electrons. The predicted molar refractivity (Wildman–Crippen MR) is 60.1 cm³/mol. The molecule has 1 N–H and O–H groups in total. The maximum atomic E-state index is 13.4. The zero-order valence-corrected chi connectivity index (χ0v) is 9.68. The van der Waals surface area contributed by atoms with Crippen molar-refractivity contribution in [2.24, 2.45) is 5.92 Å². The third kappa shape index (κ3) is 2.20. The third-order valence-electron chi connectivity index (χ3n) is 2.69. The number of amides is 1. The van der Waals surface area contributed by atoms with Crippen molar-refractivity contribution in [1.82, 2.24) is 0 Å². The van der Waals surface area contributed by atoms with Gasteiger partial charge in [0.15, 0.2) is 0 Å². The summed E-state index contributed by atoms with van der Waals surface area (Å²) in [5.74, 6) is -0.416. The van der Waals surface area contributed by atoms with E-state index in [9.17, 15) is 9.18 Å². The normalized spacial score (nSPS) is 15.9. The van der Waals surface area contributed by atoms with Crippen LogP contribution in [0.1, 0.15) is 19.3 Å². The van der Waals surface area contributed by atoms with Gasteiger partial charge in [-0.05, 0) is 40.9 Å². The van der Waals surface area contributed by atoms with Crippen molar-refractivity contribution in [2.75, 3.05) is 5.32 Å². The second-order valence-corrected chi connectivity index (χ2v) is 4.57. The molecule has 1 aromatic carbocycles. The van der Waals surface area contributed by atoms with Crippen LogP contribution in [-0.2, 0) is 4.79 Å². The molecule has 2 nitrogen and oxygen atoms in total. The smallest absolute Gasteiger partial charge is 0.227 e. The molecule has 0 aliphatic heterocycles. The summed E-state index contributed by atoms with van der Waals surface area (Å²) in [7, 11) is 0. The maximum Gasteiger partial charge on any atom is 0.227 e. The van der Waals surface area contributed by atoms with Crippen molar-refractivity contribution in [3.8, 4) is 0 Å². The van der Waals surface area contributed by atoms with Crippen LogP contribution in [-0.4, -0.2) is 5.91 Å². The van der Waals surface area contributed by atoms with Crippen molar-refractivity contribution in [3.63, 3.8) is 0 Å². The van der Waals surface area contributed by atoms with Crippen molar-refractivity contribution in [3.05, 3.63) is 28.5 Å². The van der Waals surface area contributed by atoms with E-state index >= 15 is 0 Å². The van der Waals surface area contributed by atoms with E-state index in [2.05, 4.69) is 21.2 Å². The highest BCUT2D eigenvalue weighted by atomic mass is 79.9. The first-order chi connectivity index (χ1) is 7.18. The van der Waals surface area contributed by atoms with E-state index in [0.717, 1.165) is 19.3 Å². The van der Waals surface area contributed by atoms with Gasteiger partial charge in [-0.1, -0.05) is 12.5 Å². The predicted octanol–water partition coefficient (Wildman–Crippen LogP) is 3.33. The summed E-state index contributed by atoms with van der Waals surface area (Å²) < 4.78 is 13.9. The zero-order valence-electron chi connectivity index (χ0n) is 8.09. The molecule has 15 heavy (non-hydrogen) atoms. The Morgan fingerprint density at radius 1 is 1.47 bits per heavy atom. The van der Waals surface area contributed by atoms with Gasteiger partial charge in [0.2, 0.25) is 5.91 Å². The van der Waals surface area contributed by atoms with Crippen molar-refractivity contribution in [1.29, 1.82) is 0 Å². The molecule has 0 spiro atoms. The van der Waals surface area contributed by atoms with Crippen LogP contribution in [0.25, 0.3) is 0 Å². The summed E-state index contributed by atoms with van der Waals surface area (Å²) in [5.41, 5.74) is 0.245. The third-order valence-corrected chi connectivity index (χ3v) is 3.35. The van der Waals surface area contributed by atoms with Gasteiger partial charge in [0.05, 0.1) is 5.69 Å². The number of halogens is 2. The number of benzene rings is 1. The van der Waals surface area contributed by atoms with Gasteiger partial charge in [-0.2, -0.15) is 0 Å².